The molecular formula is C68H133NO13. The van der Waals surface area contributed by atoms with Gasteiger partial charge in [-0.15, -0.1) is 0 Å². The van der Waals surface area contributed by atoms with E-state index in [-0.39, 0.29) is 12.5 Å². The Bertz CT molecular complexity index is 1380. The first-order valence-corrected chi connectivity index (χ1v) is 35.3. The fraction of sp³-hybridized carbons (Fsp3) is 0.985. The lowest BCUT2D eigenvalue weighted by Crippen LogP contribution is -2.65. The summed E-state index contributed by atoms with van der Waals surface area (Å²) in [7, 11) is 0. The Morgan fingerprint density at radius 2 is 0.695 bits per heavy atom. The fourth-order valence-corrected chi connectivity index (χ4v) is 12.2. The van der Waals surface area contributed by atoms with Crippen LogP contribution in [-0.2, 0) is 23.7 Å². The van der Waals surface area contributed by atoms with E-state index >= 15 is 0 Å². The monoisotopic (exact) mass is 1170 g/mol. The predicted octanol–water partition coefficient (Wildman–Crippen LogP) is 14.0. The Kier molecular flexibility index (Phi) is 50.9. The lowest BCUT2D eigenvalue weighted by molar-refractivity contribution is -0.359. The van der Waals surface area contributed by atoms with E-state index in [1.54, 1.807) is 0 Å². The van der Waals surface area contributed by atoms with Crippen molar-refractivity contribution < 1.29 is 64.6 Å². The molecule has 0 saturated carbocycles. The number of unbranched alkanes of at least 4 members (excludes halogenated alkanes) is 46. The highest BCUT2D eigenvalue weighted by atomic mass is 16.7. The highest BCUT2D eigenvalue weighted by molar-refractivity contribution is 5.76. The summed E-state index contributed by atoms with van der Waals surface area (Å²) in [5, 5.41) is 87.4. The molecule has 488 valence electrons. The first-order chi connectivity index (χ1) is 40.1. The van der Waals surface area contributed by atoms with Crippen molar-refractivity contribution in [2.45, 2.75) is 408 Å². The number of carbonyl (C=O) groups excluding carboxylic acids is 1. The second-order valence-corrected chi connectivity index (χ2v) is 25.4. The average molecular weight is 1170 g/mol. The molecule has 12 unspecified atom stereocenters. The minimum atomic E-state index is -1.78. The Morgan fingerprint density at radius 1 is 0.390 bits per heavy atom. The highest BCUT2D eigenvalue weighted by Gasteiger charge is 2.51. The van der Waals surface area contributed by atoms with Crippen molar-refractivity contribution in [3.05, 3.63) is 0 Å². The van der Waals surface area contributed by atoms with Gasteiger partial charge in [0.1, 0.15) is 48.8 Å². The van der Waals surface area contributed by atoms with Crippen LogP contribution in [0.4, 0.5) is 0 Å². The molecule has 9 N–H and O–H groups in total. The van der Waals surface area contributed by atoms with Gasteiger partial charge in [-0.05, 0) is 12.8 Å². The Balaban J connectivity index is 1.56. The molecular weight excluding hydrogens is 1040 g/mol. The van der Waals surface area contributed by atoms with Gasteiger partial charge >= 0.3 is 0 Å². The smallest absolute Gasteiger partial charge is 0.220 e. The molecule has 0 aromatic carbocycles. The van der Waals surface area contributed by atoms with E-state index in [0.29, 0.717) is 12.8 Å². The first-order valence-electron chi connectivity index (χ1n) is 35.3. The molecule has 12 atom stereocenters. The Labute approximate surface area is 502 Å². The van der Waals surface area contributed by atoms with Gasteiger partial charge in [0.2, 0.25) is 5.91 Å². The minimum absolute atomic E-state index is 0.199. The van der Waals surface area contributed by atoms with E-state index in [1.807, 2.05) is 0 Å². The third kappa shape index (κ3) is 38.3. The summed E-state index contributed by atoms with van der Waals surface area (Å²) in [6.45, 7) is 2.90. The van der Waals surface area contributed by atoms with Crippen LogP contribution >= 0.6 is 0 Å². The standard InChI is InChI=1S/C68H133NO13/c1-3-5-7-9-11-13-15-17-18-19-20-21-22-23-24-25-26-27-28-29-30-31-32-33-34-35-36-37-38-40-42-44-46-48-50-52-60(73)69-56(57(72)51-49-47-45-43-41-39-16-14-12-10-8-6-4-2)55-79-67-65(78)63(76)66(59(54-71)81-67)82-68-64(77)62(75)61(74)58(53-70)80-68/h56-59,61-68,70-72,74-78H,3-55H2,1-2H3,(H,69,73). The molecule has 2 aliphatic rings. The van der Waals surface area contributed by atoms with Crippen molar-refractivity contribution in [2.75, 3.05) is 19.8 Å². The molecule has 0 bridgehead atoms. The number of rotatable bonds is 59. The first kappa shape index (κ1) is 77.1. The van der Waals surface area contributed by atoms with Crippen LogP contribution in [-0.4, -0.2) is 140 Å². The normalized spacial score (nSPS) is 23.8. The van der Waals surface area contributed by atoms with Gasteiger partial charge in [0.25, 0.3) is 0 Å². The molecule has 0 radical (unpaired) electrons. The van der Waals surface area contributed by atoms with Crippen LogP contribution in [0.1, 0.15) is 335 Å². The number of aliphatic hydroxyl groups excluding tert-OH is 8. The predicted molar refractivity (Wildman–Crippen MR) is 332 cm³/mol. The zero-order valence-electron chi connectivity index (χ0n) is 53.0. The molecule has 2 saturated heterocycles. The number of ether oxygens (including phenoxy) is 4. The summed E-state index contributed by atoms with van der Waals surface area (Å²) >= 11 is 0. The maximum atomic E-state index is 13.3. The van der Waals surface area contributed by atoms with Gasteiger partial charge < -0.3 is 65.1 Å². The summed E-state index contributed by atoms with van der Waals surface area (Å²) in [5.41, 5.74) is 0. The maximum absolute atomic E-state index is 13.3. The number of carbonyl (C=O) groups is 1. The lowest BCUT2D eigenvalue weighted by atomic mass is 9.97. The second-order valence-electron chi connectivity index (χ2n) is 25.4. The van der Waals surface area contributed by atoms with Gasteiger partial charge in [-0.25, -0.2) is 0 Å². The third-order valence-corrected chi connectivity index (χ3v) is 17.8. The number of amides is 1. The zero-order chi connectivity index (χ0) is 59.5. The molecule has 0 aliphatic carbocycles. The van der Waals surface area contributed by atoms with Crippen LogP contribution in [0.15, 0.2) is 0 Å². The highest BCUT2D eigenvalue weighted by Crippen LogP contribution is 2.30. The minimum Gasteiger partial charge on any atom is -0.394 e. The van der Waals surface area contributed by atoms with Crippen LogP contribution < -0.4 is 5.32 Å². The van der Waals surface area contributed by atoms with E-state index in [1.165, 1.54) is 257 Å². The number of hydrogen-bond acceptors (Lipinski definition) is 13. The number of aliphatic hydroxyl groups is 8. The molecule has 2 heterocycles. The van der Waals surface area contributed by atoms with Crippen molar-refractivity contribution in [1.82, 2.24) is 5.32 Å². The van der Waals surface area contributed by atoms with Gasteiger partial charge in [-0.2, -0.15) is 0 Å². The SMILES string of the molecule is CCCCCCCCCCCCCCCCCCCCCCCCCCCCCCCCCCCCCC(=O)NC(COC1OC(CO)C(OC2OC(CO)C(O)C(O)C2O)C(O)C1O)C(O)CCCCCCCCCCCCCCC. The molecule has 14 nitrogen and oxygen atoms in total. The average Bonchev–Trinajstić information content (AvgIpc) is 3.56. The maximum Gasteiger partial charge on any atom is 0.220 e. The molecule has 14 heteroatoms. The summed E-state index contributed by atoms with van der Waals surface area (Å²) in [5.74, 6) is -0.199. The molecule has 82 heavy (non-hydrogen) atoms. The molecule has 2 fully saturated rings. The summed E-state index contributed by atoms with van der Waals surface area (Å²) in [6.07, 6.45) is 47.2. The van der Waals surface area contributed by atoms with Gasteiger partial charge in [0.15, 0.2) is 12.6 Å². The van der Waals surface area contributed by atoms with E-state index < -0.39 is 86.8 Å². The lowest BCUT2D eigenvalue weighted by Gasteiger charge is -2.46. The van der Waals surface area contributed by atoms with Crippen molar-refractivity contribution in [3.8, 4) is 0 Å². The van der Waals surface area contributed by atoms with Gasteiger partial charge in [0, 0.05) is 6.42 Å². The summed E-state index contributed by atoms with van der Waals surface area (Å²) in [6, 6.07) is -0.823. The van der Waals surface area contributed by atoms with E-state index in [4.69, 9.17) is 18.9 Å². The molecule has 2 rings (SSSR count). The van der Waals surface area contributed by atoms with Gasteiger partial charge in [0.05, 0.1) is 32.0 Å². The molecule has 0 aromatic heterocycles. The second kappa shape index (κ2) is 54.2. The van der Waals surface area contributed by atoms with E-state index in [2.05, 4.69) is 19.2 Å². The Hall–Kier alpha value is -1.01. The van der Waals surface area contributed by atoms with Crippen molar-refractivity contribution >= 4 is 5.91 Å². The molecule has 0 aromatic rings. The van der Waals surface area contributed by atoms with Crippen molar-refractivity contribution in [2.24, 2.45) is 0 Å². The number of nitrogens with one attached hydrogen (secondary N) is 1. The van der Waals surface area contributed by atoms with Crippen LogP contribution in [0.25, 0.3) is 0 Å². The largest absolute Gasteiger partial charge is 0.394 e. The van der Waals surface area contributed by atoms with Crippen molar-refractivity contribution in [1.29, 1.82) is 0 Å². The zero-order valence-corrected chi connectivity index (χ0v) is 53.0. The summed E-state index contributed by atoms with van der Waals surface area (Å²) < 4.78 is 22.9. The third-order valence-electron chi connectivity index (χ3n) is 17.8. The molecule has 2 aliphatic heterocycles. The number of hydrogen-bond donors (Lipinski definition) is 9. The molecule has 0 spiro atoms. The quantitative estimate of drug-likeness (QED) is 0.0259. The van der Waals surface area contributed by atoms with Gasteiger partial charge in [-0.1, -0.05) is 316 Å². The van der Waals surface area contributed by atoms with Crippen LogP contribution in [0.2, 0.25) is 0 Å². The van der Waals surface area contributed by atoms with E-state index in [0.717, 1.165) is 51.4 Å². The van der Waals surface area contributed by atoms with Crippen LogP contribution in [0.5, 0.6) is 0 Å². The summed E-state index contributed by atoms with van der Waals surface area (Å²) in [4.78, 5) is 13.3. The van der Waals surface area contributed by atoms with Gasteiger partial charge in [-0.3, -0.25) is 4.79 Å². The Morgan fingerprint density at radius 3 is 1.04 bits per heavy atom. The van der Waals surface area contributed by atoms with E-state index in [9.17, 15) is 45.6 Å². The van der Waals surface area contributed by atoms with Crippen LogP contribution in [0, 0.1) is 0 Å². The van der Waals surface area contributed by atoms with Crippen molar-refractivity contribution in [3.63, 3.8) is 0 Å². The molecule has 1 amide bonds. The topological polar surface area (TPSA) is 228 Å². The fourth-order valence-electron chi connectivity index (χ4n) is 12.2. The van der Waals surface area contributed by atoms with Crippen LogP contribution in [0.3, 0.4) is 0 Å².